The number of hydrogen-bond donors (Lipinski definition) is 2. The normalized spacial score (nSPS) is 16.8. The fourth-order valence-electron chi connectivity index (χ4n) is 3.57. The van der Waals surface area contributed by atoms with Crippen LogP contribution in [-0.2, 0) is 9.53 Å². The second-order valence-electron chi connectivity index (χ2n) is 7.72. The van der Waals surface area contributed by atoms with Gasteiger partial charge < -0.3 is 20.7 Å². The highest BCUT2D eigenvalue weighted by molar-refractivity contribution is 7.14. The zero-order valence-corrected chi connectivity index (χ0v) is 18.5. The van der Waals surface area contributed by atoms with Gasteiger partial charge in [0.25, 0.3) is 17.5 Å². The number of amides is 2. The summed E-state index contributed by atoms with van der Waals surface area (Å²) in [6, 6.07) is 5.65. The summed E-state index contributed by atoms with van der Waals surface area (Å²) >= 11 is 1.11. The number of nitro benzene ring substituents is 1. The van der Waals surface area contributed by atoms with Gasteiger partial charge in [-0.2, -0.15) is 0 Å². The number of nitrogens with two attached hydrogens (primary N) is 1. The molecule has 0 aliphatic carbocycles. The molecule has 1 aliphatic heterocycles. The van der Waals surface area contributed by atoms with Crippen LogP contribution < -0.4 is 16.0 Å². The van der Waals surface area contributed by atoms with E-state index in [1.807, 2.05) is 4.90 Å². The average molecular weight is 461 g/mol. The summed E-state index contributed by atoms with van der Waals surface area (Å²) < 4.78 is 5.19. The largest absolute Gasteiger partial charge is 0.449 e. The van der Waals surface area contributed by atoms with Crippen molar-refractivity contribution >= 4 is 45.5 Å². The molecule has 2 amide bonds. The smallest absolute Gasteiger partial charge is 0.339 e. The minimum Gasteiger partial charge on any atom is -0.449 e. The number of anilines is 2. The summed E-state index contributed by atoms with van der Waals surface area (Å²) in [4.78, 5) is 49.4. The molecule has 0 bridgehead atoms. The van der Waals surface area contributed by atoms with Gasteiger partial charge in [-0.1, -0.05) is 6.92 Å². The third kappa shape index (κ3) is 5.22. The number of piperidine rings is 1. The number of primary amides is 1. The summed E-state index contributed by atoms with van der Waals surface area (Å²) in [7, 11) is 0. The number of rotatable bonds is 7. The molecular weight excluding hydrogens is 436 g/mol. The van der Waals surface area contributed by atoms with Gasteiger partial charge >= 0.3 is 5.97 Å². The first-order valence-corrected chi connectivity index (χ1v) is 11.0. The Morgan fingerprint density at radius 2 is 2.09 bits per heavy atom. The number of ether oxygens (including phenoxy) is 1. The summed E-state index contributed by atoms with van der Waals surface area (Å²) in [5.41, 5.74) is 5.65. The molecule has 3 N–H and O–H groups in total. The van der Waals surface area contributed by atoms with E-state index in [4.69, 9.17) is 10.5 Å². The lowest BCUT2D eigenvalue weighted by Crippen LogP contribution is -2.34. The average Bonchev–Trinajstić information content (AvgIpc) is 3.21. The van der Waals surface area contributed by atoms with Gasteiger partial charge in [0.2, 0.25) is 0 Å². The molecule has 1 fully saturated rings. The standard InChI is InChI=1S/C21H24N4O6S/c1-12-4-3-8-24(11-12)16-6-5-14(10-17(16)25(29)30)21(28)31-13(2)19(27)23-20-15(18(22)26)7-9-32-20/h5-7,9-10,12-13H,3-4,8,11H2,1-2H3,(H2,22,26)(H,23,27). The number of nitrogens with one attached hydrogen (secondary N) is 1. The molecule has 10 nitrogen and oxygen atoms in total. The number of esters is 1. The molecule has 0 spiro atoms. The molecule has 2 aromatic rings. The molecule has 3 rings (SSSR count). The van der Waals surface area contributed by atoms with E-state index in [1.165, 1.54) is 25.1 Å². The Morgan fingerprint density at radius 3 is 2.75 bits per heavy atom. The monoisotopic (exact) mass is 460 g/mol. The Morgan fingerprint density at radius 1 is 1.34 bits per heavy atom. The maximum Gasteiger partial charge on any atom is 0.339 e. The van der Waals surface area contributed by atoms with Gasteiger partial charge in [0.15, 0.2) is 6.10 Å². The fourth-order valence-corrected chi connectivity index (χ4v) is 4.36. The predicted molar refractivity (Wildman–Crippen MR) is 120 cm³/mol. The van der Waals surface area contributed by atoms with Crippen molar-refractivity contribution in [3.63, 3.8) is 0 Å². The van der Waals surface area contributed by atoms with Crippen LogP contribution in [0.5, 0.6) is 0 Å². The van der Waals surface area contributed by atoms with Crippen LogP contribution in [0.4, 0.5) is 16.4 Å². The molecule has 0 saturated carbocycles. The van der Waals surface area contributed by atoms with Gasteiger partial charge in [-0.15, -0.1) is 11.3 Å². The van der Waals surface area contributed by atoms with E-state index < -0.39 is 28.8 Å². The Hall–Kier alpha value is -3.47. The number of nitrogens with zero attached hydrogens (tertiary/aromatic N) is 2. The van der Waals surface area contributed by atoms with Crippen molar-refractivity contribution in [3.8, 4) is 0 Å². The minimum absolute atomic E-state index is 0.0286. The molecular formula is C21H24N4O6S. The second-order valence-corrected chi connectivity index (χ2v) is 8.63. The highest BCUT2D eigenvalue weighted by Gasteiger charge is 2.27. The lowest BCUT2D eigenvalue weighted by atomic mass is 9.99. The fraction of sp³-hybridized carbons (Fsp3) is 0.381. The first kappa shape index (κ1) is 23.2. The second kappa shape index (κ2) is 9.77. The van der Waals surface area contributed by atoms with Crippen LogP contribution in [0, 0.1) is 16.0 Å². The van der Waals surface area contributed by atoms with Gasteiger partial charge in [-0.05, 0) is 49.3 Å². The molecule has 1 aromatic carbocycles. The molecule has 2 heterocycles. The molecule has 2 unspecified atom stereocenters. The van der Waals surface area contributed by atoms with Crippen LogP contribution in [-0.4, -0.2) is 41.9 Å². The van der Waals surface area contributed by atoms with E-state index in [1.54, 1.807) is 11.4 Å². The van der Waals surface area contributed by atoms with E-state index in [9.17, 15) is 24.5 Å². The number of benzene rings is 1. The number of nitro groups is 1. The van der Waals surface area contributed by atoms with Crippen molar-refractivity contribution in [2.75, 3.05) is 23.3 Å². The van der Waals surface area contributed by atoms with Crippen molar-refractivity contribution in [2.24, 2.45) is 11.7 Å². The van der Waals surface area contributed by atoms with Gasteiger partial charge in [0, 0.05) is 19.2 Å². The number of hydrogen-bond acceptors (Lipinski definition) is 8. The maximum absolute atomic E-state index is 12.5. The molecule has 1 saturated heterocycles. The third-order valence-corrected chi connectivity index (χ3v) is 6.06. The zero-order valence-electron chi connectivity index (χ0n) is 17.7. The number of thiophene rings is 1. The van der Waals surface area contributed by atoms with Crippen LogP contribution in [0.2, 0.25) is 0 Å². The van der Waals surface area contributed by atoms with E-state index in [2.05, 4.69) is 12.2 Å². The van der Waals surface area contributed by atoms with E-state index in [-0.39, 0.29) is 21.8 Å². The summed E-state index contributed by atoms with van der Waals surface area (Å²) in [5.74, 6) is -1.79. The van der Waals surface area contributed by atoms with Crippen molar-refractivity contribution in [3.05, 3.63) is 50.9 Å². The van der Waals surface area contributed by atoms with Crippen molar-refractivity contribution in [2.45, 2.75) is 32.8 Å². The lowest BCUT2D eigenvalue weighted by molar-refractivity contribution is -0.384. The van der Waals surface area contributed by atoms with Crippen LogP contribution in [0.15, 0.2) is 29.6 Å². The van der Waals surface area contributed by atoms with Gasteiger partial charge in [-0.3, -0.25) is 19.7 Å². The minimum atomic E-state index is -1.20. The van der Waals surface area contributed by atoms with Crippen LogP contribution in [0.1, 0.15) is 47.4 Å². The van der Waals surface area contributed by atoms with Crippen molar-refractivity contribution in [1.29, 1.82) is 0 Å². The Balaban J connectivity index is 1.72. The Kier molecular flexibility index (Phi) is 7.08. The Bertz CT molecular complexity index is 1050. The maximum atomic E-state index is 12.5. The van der Waals surface area contributed by atoms with E-state index >= 15 is 0 Å². The summed E-state index contributed by atoms with van der Waals surface area (Å²) in [6.45, 7) is 4.88. The molecule has 1 aliphatic rings. The van der Waals surface area contributed by atoms with Crippen LogP contribution in [0.3, 0.4) is 0 Å². The first-order valence-electron chi connectivity index (χ1n) is 10.1. The van der Waals surface area contributed by atoms with Crippen molar-refractivity contribution < 1.29 is 24.0 Å². The van der Waals surface area contributed by atoms with Gasteiger partial charge in [-0.25, -0.2) is 4.79 Å². The van der Waals surface area contributed by atoms with E-state index in [0.717, 1.165) is 24.2 Å². The van der Waals surface area contributed by atoms with Gasteiger partial charge in [0.05, 0.1) is 16.1 Å². The highest BCUT2D eigenvalue weighted by Crippen LogP contribution is 2.32. The molecule has 0 radical (unpaired) electrons. The summed E-state index contributed by atoms with van der Waals surface area (Å²) in [6.07, 6.45) is 0.810. The van der Waals surface area contributed by atoms with Gasteiger partial charge in [0.1, 0.15) is 10.7 Å². The molecule has 32 heavy (non-hydrogen) atoms. The third-order valence-electron chi connectivity index (χ3n) is 5.23. The molecule has 2 atom stereocenters. The molecule has 11 heteroatoms. The zero-order chi connectivity index (χ0) is 23.4. The number of carbonyl (C=O) groups excluding carboxylic acids is 3. The predicted octanol–water partition coefficient (Wildman–Crippen LogP) is 3.18. The van der Waals surface area contributed by atoms with E-state index in [0.29, 0.717) is 24.7 Å². The van der Waals surface area contributed by atoms with Crippen molar-refractivity contribution in [1.82, 2.24) is 0 Å². The van der Waals surface area contributed by atoms with Crippen LogP contribution in [0.25, 0.3) is 0 Å². The van der Waals surface area contributed by atoms with Crippen LogP contribution >= 0.6 is 11.3 Å². The highest BCUT2D eigenvalue weighted by atomic mass is 32.1. The lowest BCUT2D eigenvalue weighted by Gasteiger charge is -2.32. The Labute approximate surface area is 188 Å². The first-order chi connectivity index (χ1) is 15.2. The number of carbonyl (C=O) groups is 3. The quantitative estimate of drug-likeness (QED) is 0.367. The molecule has 1 aromatic heterocycles. The topological polar surface area (TPSA) is 145 Å². The SMILES string of the molecule is CC1CCCN(c2ccc(C(=O)OC(C)C(=O)Nc3sccc3C(N)=O)cc2[N+](=O)[O-])C1. The summed E-state index contributed by atoms with van der Waals surface area (Å²) in [5, 5.41) is 16.0. The molecule has 170 valence electrons.